The zero-order valence-corrected chi connectivity index (χ0v) is 9.20. The van der Waals surface area contributed by atoms with E-state index in [1.54, 1.807) is 0 Å². The van der Waals surface area contributed by atoms with E-state index in [1.807, 2.05) is 6.92 Å². The van der Waals surface area contributed by atoms with Crippen LogP contribution in [0, 0.1) is 20.2 Å². The monoisotopic (exact) mass is 236 g/mol. The lowest BCUT2D eigenvalue weighted by molar-refractivity contribution is -0.803. The van der Waals surface area contributed by atoms with E-state index >= 15 is 0 Å². The third-order valence-electron chi connectivity index (χ3n) is 2.52. The molecule has 0 amide bonds. The van der Waals surface area contributed by atoms with Crippen molar-refractivity contribution in [3.63, 3.8) is 0 Å². The van der Waals surface area contributed by atoms with E-state index in [4.69, 9.17) is 0 Å². The van der Waals surface area contributed by atoms with Crippen LogP contribution in [-0.2, 0) is 0 Å². The number of rotatable bonds is 7. The summed E-state index contributed by atoms with van der Waals surface area (Å²) >= 11 is 0. The number of aliphatic hydroxyl groups is 2. The molecule has 0 aromatic heterocycles. The minimum absolute atomic E-state index is 0.0922. The molecule has 0 saturated heterocycles. The molecule has 0 fully saturated rings. The number of aliphatic hydroxyl groups excluding tert-OH is 2. The predicted octanol–water partition coefficient (Wildman–Crippen LogP) is 0.168. The summed E-state index contributed by atoms with van der Waals surface area (Å²) in [6, 6.07) is 0. The molecule has 0 aromatic carbocycles. The molecule has 0 aliphatic rings. The molecule has 94 valence electrons. The first-order valence-corrected chi connectivity index (χ1v) is 4.93. The molecule has 8 nitrogen and oxygen atoms in total. The summed E-state index contributed by atoms with van der Waals surface area (Å²) in [5.41, 5.74) is -2.77. The van der Waals surface area contributed by atoms with Gasteiger partial charge in [0.25, 0.3) is 0 Å². The van der Waals surface area contributed by atoms with Crippen molar-refractivity contribution in [2.75, 3.05) is 0 Å². The van der Waals surface area contributed by atoms with E-state index < -0.39 is 27.7 Å². The van der Waals surface area contributed by atoms with Crippen molar-refractivity contribution < 1.29 is 20.1 Å². The summed E-state index contributed by atoms with van der Waals surface area (Å²) in [6.07, 6.45) is -2.15. The van der Waals surface area contributed by atoms with Crippen molar-refractivity contribution in [2.45, 2.75) is 51.0 Å². The summed E-state index contributed by atoms with van der Waals surface area (Å²) in [6.45, 7) is 2.52. The molecule has 0 aliphatic carbocycles. The number of nitro groups is 2. The Hall–Kier alpha value is -1.28. The van der Waals surface area contributed by atoms with Crippen molar-refractivity contribution in [3.05, 3.63) is 20.2 Å². The van der Waals surface area contributed by atoms with Gasteiger partial charge in [-0.1, -0.05) is 19.8 Å². The first-order chi connectivity index (χ1) is 7.28. The second kappa shape index (κ2) is 5.71. The van der Waals surface area contributed by atoms with Crippen LogP contribution in [0.3, 0.4) is 0 Å². The molecule has 0 saturated carbocycles. The minimum Gasteiger partial charge on any atom is -0.390 e. The van der Waals surface area contributed by atoms with Crippen molar-refractivity contribution in [1.82, 2.24) is 0 Å². The molecule has 0 heterocycles. The van der Waals surface area contributed by atoms with Crippen LogP contribution in [0.5, 0.6) is 0 Å². The lowest BCUT2D eigenvalue weighted by Gasteiger charge is -2.22. The second-order valence-corrected chi connectivity index (χ2v) is 3.76. The predicted molar refractivity (Wildman–Crippen MR) is 53.9 cm³/mol. The molecule has 0 aliphatic heterocycles. The average molecular weight is 236 g/mol. The molecule has 0 rings (SSSR count). The molecule has 2 unspecified atom stereocenters. The van der Waals surface area contributed by atoms with Gasteiger partial charge in [0.2, 0.25) is 6.10 Å². The lowest BCUT2D eigenvalue weighted by Crippen LogP contribution is -2.57. The zero-order chi connectivity index (χ0) is 12.9. The van der Waals surface area contributed by atoms with Crippen LogP contribution in [0.25, 0.3) is 0 Å². The Morgan fingerprint density at radius 3 is 2.00 bits per heavy atom. The first-order valence-electron chi connectivity index (χ1n) is 4.93. The highest BCUT2D eigenvalue weighted by atomic mass is 16.7. The summed E-state index contributed by atoms with van der Waals surface area (Å²) in [5, 5.41) is 40.0. The number of nitrogens with zero attached hydrogens (tertiary/aromatic N) is 2. The van der Waals surface area contributed by atoms with E-state index in [0.717, 1.165) is 6.42 Å². The van der Waals surface area contributed by atoms with Crippen LogP contribution in [0.1, 0.15) is 33.1 Å². The topological polar surface area (TPSA) is 127 Å². The molecule has 2 N–H and O–H groups in total. The zero-order valence-electron chi connectivity index (χ0n) is 9.20. The van der Waals surface area contributed by atoms with Gasteiger partial charge in [-0.15, -0.1) is 0 Å². The fourth-order valence-electron chi connectivity index (χ4n) is 1.22. The Morgan fingerprint density at radius 1 is 1.25 bits per heavy atom. The molecule has 0 radical (unpaired) electrons. The van der Waals surface area contributed by atoms with Crippen LogP contribution in [-0.4, -0.2) is 37.9 Å². The van der Waals surface area contributed by atoms with Gasteiger partial charge in [0.15, 0.2) is 0 Å². The van der Waals surface area contributed by atoms with Crippen molar-refractivity contribution in [1.29, 1.82) is 0 Å². The van der Waals surface area contributed by atoms with Gasteiger partial charge in [0.1, 0.15) is 9.85 Å². The van der Waals surface area contributed by atoms with E-state index in [2.05, 4.69) is 0 Å². The molecule has 8 heteroatoms. The quantitative estimate of drug-likeness (QED) is 0.368. The van der Waals surface area contributed by atoms with Crippen LogP contribution < -0.4 is 0 Å². The minimum atomic E-state index is -2.77. The Morgan fingerprint density at radius 2 is 1.69 bits per heavy atom. The third kappa shape index (κ3) is 2.86. The molecular weight excluding hydrogens is 220 g/mol. The highest BCUT2D eigenvalue weighted by Gasteiger charge is 2.60. The van der Waals surface area contributed by atoms with Crippen LogP contribution in [0.2, 0.25) is 0 Å². The maximum atomic E-state index is 10.6. The van der Waals surface area contributed by atoms with Crippen molar-refractivity contribution in [2.24, 2.45) is 0 Å². The standard InChI is InChI=1S/C8H16N2O6/c1-3-4-5-6(11)7(12)8(2,9(13)14)10(15)16/h6-7,11-12H,3-5H2,1-2H3. The molecule has 0 aromatic rings. The summed E-state index contributed by atoms with van der Waals surface area (Å²) in [7, 11) is 0. The van der Waals surface area contributed by atoms with Crippen LogP contribution in [0.15, 0.2) is 0 Å². The Kier molecular flexibility index (Phi) is 5.25. The van der Waals surface area contributed by atoms with Gasteiger partial charge in [-0.3, -0.25) is 20.2 Å². The summed E-state index contributed by atoms with van der Waals surface area (Å²) in [4.78, 5) is 18.8. The number of hydrogen-bond acceptors (Lipinski definition) is 6. The highest BCUT2D eigenvalue weighted by molar-refractivity contribution is 4.79. The maximum absolute atomic E-state index is 10.6. The number of unbranched alkanes of at least 4 members (excludes halogenated alkanes) is 1. The molecule has 16 heavy (non-hydrogen) atoms. The number of hydrogen-bond donors (Lipinski definition) is 2. The van der Waals surface area contributed by atoms with E-state index in [-0.39, 0.29) is 6.42 Å². The molecular formula is C8H16N2O6. The third-order valence-corrected chi connectivity index (χ3v) is 2.52. The van der Waals surface area contributed by atoms with Gasteiger partial charge in [0, 0.05) is 0 Å². The van der Waals surface area contributed by atoms with E-state index in [0.29, 0.717) is 13.3 Å². The second-order valence-electron chi connectivity index (χ2n) is 3.76. The molecule has 2 atom stereocenters. The van der Waals surface area contributed by atoms with Gasteiger partial charge in [0.05, 0.1) is 13.0 Å². The SMILES string of the molecule is CCCCC(O)C(O)C(C)([N+](=O)[O-])[N+](=O)[O-]. The normalized spacial score (nSPS) is 15.5. The maximum Gasteiger partial charge on any atom is 0.483 e. The van der Waals surface area contributed by atoms with Crippen molar-refractivity contribution >= 4 is 0 Å². The van der Waals surface area contributed by atoms with Crippen LogP contribution in [0.4, 0.5) is 0 Å². The van der Waals surface area contributed by atoms with E-state index in [1.165, 1.54) is 0 Å². The van der Waals surface area contributed by atoms with E-state index in [9.17, 15) is 30.4 Å². The average Bonchev–Trinajstić information content (AvgIpc) is 2.22. The first kappa shape index (κ1) is 14.7. The Bertz CT molecular complexity index is 255. The Balaban J connectivity index is 4.82. The van der Waals surface area contributed by atoms with Gasteiger partial charge in [-0.05, 0) is 6.42 Å². The Labute approximate surface area is 92.2 Å². The molecule has 0 bridgehead atoms. The smallest absolute Gasteiger partial charge is 0.390 e. The van der Waals surface area contributed by atoms with Crippen LogP contribution >= 0.6 is 0 Å². The van der Waals surface area contributed by atoms with Gasteiger partial charge >= 0.3 is 5.66 Å². The molecule has 0 spiro atoms. The fourth-order valence-corrected chi connectivity index (χ4v) is 1.22. The summed E-state index contributed by atoms with van der Waals surface area (Å²) in [5.74, 6) is 0. The van der Waals surface area contributed by atoms with Crippen molar-refractivity contribution in [3.8, 4) is 0 Å². The van der Waals surface area contributed by atoms with Gasteiger partial charge in [-0.2, -0.15) is 0 Å². The fraction of sp³-hybridized carbons (Fsp3) is 1.00. The van der Waals surface area contributed by atoms with Gasteiger partial charge < -0.3 is 10.2 Å². The van der Waals surface area contributed by atoms with Gasteiger partial charge in [-0.25, -0.2) is 0 Å². The summed E-state index contributed by atoms with van der Waals surface area (Å²) < 4.78 is 0. The lowest BCUT2D eigenvalue weighted by atomic mass is 9.97. The largest absolute Gasteiger partial charge is 0.483 e. The highest BCUT2D eigenvalue weighted by Crippen LogP contribution is 2.21.